The molecule has 0 heterocycles. The van der Waals surface area contributed by atoms with Crippen molar-refractivity contribution in [3.63, 3.8) is 0 Å². The number of nitrogens with one attached hydrogen (secondary N) is 1. The van der Waals surface area contributed by atoms with Crippen molar-refractivity contribution in [2.75, 3.05) is 13.2 Å². The molecule has 0 aliphatic carbocycles. The Morgan fingerprint density at radius 2 is 0.701 bits per heavy atom. The van der Waals surface area contributed by atoms with Crippen molar-refractivity contribution in [3.05, 3.63) is 36.5 Å². The van der Waals surface area contributed by atoms with E-state index in [9.17, 15) is 19.8 Å². The number of hydrogen-bond donors (Lipinski definition) is 3. The molecule has 394 valence electrons. The van der Waals surface area contributed by atoms with Gasteiger partial charge in [0.15, 0.2) is 0 Å². The molecule has 0 aliphatic rings. The Morgan fingerprint density at radius 1 is 0.403 bits per heavy atom. The molecule has 0 bridgehead atoms. The van der Waals surface area contributed by atoms with E-state index in [4.69, 9.17) is 4.74 Å². The number of ether oxygens (including phenoxy) is 1. The summed E-state index contributed by atoms with van der Waals surface area (Å²) in [6, 6.07) is -0.635. The van der Waals surface area contributed by atoms with Crippen molar-refractivity contribution < 1.29 is 24.5 Å². The average molecular weight is 943 g/mol. The Kier molecular flexibility index (Phi) is 55.0. The summed E-state index contributed by atoms with van der Waals surface area (Å²) in [6.07, 6.45) is 70.3. The van der Waals surface area contributed by atoms with Gasteiger partial charge in [-0.1, -0.05) is 256 Å². The van der Waals surface area contributed by atoms with Crippen molar-refractivity contribution in [2.24, 2.45) is 0 Å². The standard InChI is InChI=1S/C61H115NO5/c1-3-5-7-9-11-13-15-17-18-19-24-27-30-33-37-41-45-49-53-59(64)58(57-63)62-60(65)54-50-46-42-38-34-31-28-25-22-20-21-23-26-29-32-36-40-44-48-52-56-67-61(66)55-51-47-43-39-35-16-14-12-10-8-6-4-2/h12,14,20,22,49,53,58-59,63-64H,3-11,13,15-19,21,23-48,50-52,54-57H2,1-2H3,(H,62,65)/b14-12-,22-20-,53-49+. The van der Waals surface area contributed by atoms with Crippen LogP contribution in [0.25, 0.3) is 0 Å². The van der Waals surface area contributed by atoms with Gasteiger partial charge >= 0.3 is 5.97 Å². The van der Waals surface area contributed by atoms with Crippen LogP contribution in [0.4, 0.5) is 0 Å². The monoisotopic (exact) mass is 942 g/mol. The lowest BCUT2D eigenvalue weighted by Gasteiger charge is -2.20. The SMILES string of the molecule is CCCCC/C=C\CCCCCCCC(=O)OCCCCCCCCCCC/C=C\CCCCCCCCCC(=O)NC(CO)C(O)/C=C/CCCCCCCCCCCCCCCCCC. The van der Waals surface area contributed by atoms with Crippen LogP contribution in [0.5, 0.6) is 0 Å². The minimum atomic E-state index is -0.851. The Morgan fingerprint density at radius 3 is 1.09 bits per heavy atom. The Bertz CT molecular complexity index is 1090. The minimum absolute atomic E-state index is 0.00470. The van der Waals surface area contributed by atoms with E-state index < -0.39 is 12.1 Å². The molecule has 0 aromatic heterocycles. The van der Waals surface area contributed by atoms with Crippen LogP contribution >= 0.6 is 0 Å². The van der Waals surface area contributed by atoms with Gasteiger partial charge < -0.3 is 20.3 Å². The molecule has 0 spiro atoms. The van der Waals surface area contributed by atoms with Crippen molar-refractivity contribution in [1.82, 2.24) is 5.32 Å². The van der Waals surface area contributed by atoms with Crippen LogP contribution in [-0.2, 0) is 14.3 Å². The van der Waals surface area contributed by atoms with Crippen molar-refractivity contribution in [2.45, 2.75) is 328 Å². The highest BCUT2D eigenvalue weighted by Gasteiger charge is 2.18. The van der Waals surface area contributed by atoms with E-state index in [0.29, 0.717) is 19.4 Å². The topological polar surface area (TPSA) is 95.9 Å². The summed E-state index contributed by atoms with van der Waals surface area (Å²) in [4.78, 5) is 24.5. The van der Waals surface area contributed by atoms with Crippen LogP contribution in [0.2, 0.25) is 0 Å². The molecule has 6 heteroatoms. The highest BCUT2D eigenvalue weighted by Crippen LogP contribution is 2.16. The second kappa shape index (κ2) is 56.7. The average Bonchev–Trinajstić information content (AvgIpc) is 3.33. The van der Waals surface area contributed by atoms with E-state index in [2.05, 4.69) is 43.5 Å². The van der Waals surface area contributed by atoms with E-state index in [-0.39, 0.29) is 18.5 Å². The van der Waals surface area contributed by atoms with Gasteiger partial charge in [-0.2, -0.15) is 0 Å². The first-order valence-electron chi connectivity index (χ1n) is 29.8. The molecule has 67 heavy (non-hydrogen) atoms. The van der Waals surface area contributed by atoms with Gasteiger partial charge in [-0.15, -0.1) is 0 Å². The zero-order valence-corrected chi connectivity index (χ0v) is 44.9. The number of carbonyl (C=O) groups is 2. The summed E-state index contributed by atoms with van der Waals surface area (Å²) in [6.45, 7) is 4.88. The van der Waals surface area contributed by atoms with Crippen LogP contribution in [-0.4, -0.2) is 47.4 Å². The minimum Gasteiger partial charge on any atom is -0.466 e. The summed E-state index contributed by atoms with van der Waals surface area (Å²) < 4.78 is 5.46. The second-order valence-electron chi connectivity index (χ2n) is 20.3. The van der Waals surface area contributed by atoms with Gasteiger partial charge in [0, 0.05) is 12.8 Å². The number of carbonyl (C=O) groups excluding carboxylic acids is 2. The molecule has 2 atom stereocenters. The number of aliphatic hydroxyl groups excluding tert-OH is 2. The molecule has 0 aliphatic heterocycles. The van der Waals surface area contributed by atoms with Crippen LogP contribution in [0.1, 0.15) is 316 Å². The summed E-state index contributed by atoms with van der Waals surface area (Å²) >= 11 is 0. The van der Waals surface area contributed by atoms with Gasteiger partial charge in [0.05, 0.1) is 25.4 Å². The van der Waals surface area contributed by atoms with Crippen molar-refractivity contribution in [3.8, 4) is 0 Å². The number of amides is 1. The smallest absolute Gasteiger partial charge is 0.305 e. The molecule has 0 aromatic rings. The first kappa shape index (κ1) is 65.1. The van der Waals surface area contributed by atoms with E-state index >= 15 is 0 Å². The van der Waals surface area contributed by atoms with Crippen LogP contribution in [0, 0.1) is 0 Å². The second-order valence-corrected chi connectivity index (χ2v) is 20.3. The zero-order chi connectivity index (χ0) is 48.6. The maximum atomic E-state index is 12.5. The number of aliphatic hydroxyl groups is 2. The number of esters is 1. The summed E-state index contributed by atoms with van der Waals surface area (Å²) in [5, 5.41) is 23.1. The molecule has 1 amide bonds. The summed E-state index contributed by atoms with van der Waals surface area (Å²) in [5.41, 5.74) is 0. The normalized spacial score (nSPS) is 12.8. The largest absolute Gasteiger partial charge is 0.466 e. The van der Waals surface area contributed by atoms with E-state index in [1.54, 1.807) is 6.08 Å². The third kappa shape index (κ3) is 53.3. The van der Waals surface area contributed by atoms with Gasteiger partial charge in [0.25, 0.3) is 0 Å². The first-order chi connectivity index (χ1) is 33.0. The fraction of sp³-hybridized carbons (Fsp3) is 0.869. The Hall–Kier alpha value is -1.92. The van der Waals surface area contributed by atoms with Gasteiger partial charge in [-0.25, -0.2) is 0 Å². The zero-order valence-electron chi connectivity index (χ0n) is 44.9. The molecule has 0 saturated carbocycles. The maximum absolute atomic E-state index is 12.5. The van der Waals surface area contributed by atoms with E-state index in [1.807, 2.05) is 6.08 Å². The molecule has 3 N–H and O–H groups in total. The lowest BCUT2D eigenvalue weighted by Crippen LogP contribution is -2.45. The lowest BCUT2D eigenvalue weighted by atomic mass is 10.0. The van der Waals surface area contributed by atoms with Crippen molar-refractivity contribution in [1.29, 1.82) is 0 Å². The van der Waals surface area contributed by atoms with Gasteiger partial charge in [0.1, 0.15) is 0 Å². The van der Waals surface area contributed by atoms with Crippen LogP contribution in [0.3, 0.4) is 0 Å². The quantitative estimate of drug-likeness (QED) is 0.0321. The van der Waals surface area contributed by atoms with Crippen molar-refractivity contribution >= 4 is 11.9 Å². The summed E-state index contributed by atoms with van der Waals surface area (Å²) in [5.74, 6) is -0.0799. The Labute approximate surface area is 417 Å². The molecule has 0 rings (SSSR count). The molecule has 0 aromatic carbocycles. The summed E-state index contributed by atoms with van der Waals surface area (Å²) in [7, 11) is 0. The van der Waals surface area contributed by atoms with Crippen LogP contribution < -0.4 is 5.32 Å². The number of hydrogen-bond acceptors (Lipinski definition) is 5. The fourth-order valence-electron chi connectivity index (χ4n) is 9.03. The molecule has 2 unspecified atom stereocenters. The number of unbranched alkanes of at least 4 members (excludes halogenated alkanes) is 40. The first-order valence-corrected chi connectivity index (χ1v) is 29.8. The van der Waals surface area contributed by atoms with E-state index in [1.165, 1.54) is 238 Å². The Balaban J connectivity index is 3.48. The third-order valence-corrected chi connectivity index (χ3v) is 13.6. The number of rotatable bonds is 55. The fourth-order valence-corrected chi connectivity index (χ4v) is 9.03. The number of allylic oxidation sites excluding steroid dienone is 5. The third-order valence-electron chi connectivity index (χ3n) is 13.6. The highest BCUT2D eigenvalue weighted by molar-refractivity contribution is 5.76. The van der Waals surface area contributed by atoms with Gasteiger partial charge in [-0.05, 0) is 83.5 Å². The molecular formula is C61H115NO5. The van der Waals surface area contributed by atoms with Gasteiger partial charge in [0.2, 0.25) is 5.91 Å². The van der Waals surface area contributed by atoms with E-state index in [0.717, 1.165) is 51.4 Å². The highest BCUT2D eigenvalue weighted by atomic mass is 16.5. The van der Waals surface area contributed by atoms with Gasteiger partial charge in [-0.3, -0.25) is 9.59 Å². The predicted octanol–water partition coefficient (Wildman–Crippen LogP) is 18.4. The predicted molar refractivity (Wildman–Crippen MR) is 292 cm³/mol. The van der Waals surface area contributed by atoms with Crippen LogP contribution in [0.15, 0.2) is 36.5 Å². The maximum Gasteiger partial charge on any atom is 0.305 e. The lowest BCUT2D eigenvalue weighted by molar-refractivity contribution is -0.143. The molecule has 0 fully saturated rings. The molecule has 0 saturated heterocycles. The molecule has 6 nitrogen and oxygen atoms in total. The molecule has 0 radical (unpaired) electrons. The molecular weight excluding hydrogens is 827 g/mol.